The molecule has 1 N–H and O–H groups in total. The van der Waals surface area contributed by atoms with Crippen LogP contribution in [0.1, 0.15) is 24.4 Å². The van der Waals surface area contributed by atoms with Crippen molar-refractivity contribution in [3.8, 4) is 5.75 Å². The molecule has 4 nitrogen and oxygen atoms in total. The molecule has 0 saturated heterocycles. The summed E-state index contributed by atoms with van der Waals surface area (Å²) in [6.07, 6.45) is 1.82. The van der Waals surface area contributed by atoms with E-state index in [4.69, 9.17) is 9.47 Å². The van der Waals surface area contributed by atoms with E-state index < -0.39 is 0 Å². The molecule has 0 aromatic heterocycles. The van der Waals surface area contributed by atoms with Gasteiger partial charge < -0.3 is 19.7 Å². The second kappa shape index (κ2) is 9.71. The summed E-state index contributed by atoms with van der Waals surface area (Å²) >= 11 is 0. The number of methoxy groups -OCH3 is 2. The third kappa shape index (κ3) is 5.61. The van der Waals surface area contributed by atoms with Crippen LogP contribution >= 0.6 is 0 Å². The molecule has 0 fully saturated rings. The van der Waals surface area contributed by atoms with Crippen LogP contribution in [-0.4, -0.2) is 52.9 Å². The van der Waals surface area contributed by atoms with Crippen LogP contribution in [0.2, 0.25) is 0 Å². The van der Waals surface area contributed by atoms with Crippen molar-refractivity contribution in [3.63, 3.8) is 0 Å². The average Bonchev–Trinajstić information content (AvgIpc) is 2.49. The van der Waals surface area contributed by atoms with Crippen molar-refractivity contribution in [2.24, 2.45) is 0 Å². The predicted molar refractivity (Wildman–Crippen MR) is 83.4 cm³/mol. The van der Waals surface area contributed by atoms with Gasteiger partial charge in [-0.15, -0.1) is 0 Å². The largest absolute Gasteiger partial charge is 0.496 e. The molecule has 0 aliphatic rings. The maximum absolute atomic E-state index is 14.1. The molecular formula is C16H27FN2O2. The Morgan fingerprint density at radius 1 is 1.29 bits per heavy atom. The van der Waals surface area contributed by atoms with Gasteiger partial charge in [0.1, 0.15) is 11.6 Å². The van der Waals surface area contributed by atoms with E-state index in [-0.39, 0.29) is 11.9 Å². The van der Waals surface area contributed by atoms with Crippen LogP contribution < -0.4 is 10.1 Å². The molecular weight excluding hydrogens is 271 g/mol. The van der Waals surface area contributed by atoms with Gasteiger partial charge in [0, 0.05) is 31.9 Å². The predicted octanol–water partition coefficient (Wildman–Crippen LogP) is 2.45. The van der Waals surface area contributed by atoms with Crippen LogP contribution in [0.5, 0.6) is 5.75 Å². The fourth-order valence-corrected chi connectivity index (χ4v) is 2.41. The molecule has 0 aliphatic heterocycles. The summed E-state index contributed by atoms with van der Waals surface area (Å²) in [7, 11) is 7.20. The van der Waals surface area contributed by atoms with Gasteiger partial charge in [0.2, 0.25) is 0 Å². The fraction of sp³-hybridized carbons (Fsp3) is 0.625. The lowest BCUT2D eigenvalue weighted by Gasteiger charge is -2.23. The van der Waals surface area contributed by atoms with Crippen LogP contribution in [0.4, 0.5) is 4.39 Å². The summed E-state index contributed by atoms with van der Waals surface area (Å²) in [6, 6.07) is 4.88. The number of nitrogens with one attached hydrogen (secondary N) is 1. The van der Waals surface area contributed by atoms with Crippen molar-refractivity contribution in [1.29, 1.82) is 0 Å². The van der Waals surface area contributed by atoms with Gasteiger partial charge >= 0.3 is 0 Å². The van der Waals surface area contributed by atoms with E-state index in [0.29, 0.717) is 11.3 Å². The zero-order valence-electron chi connectivity index (χ0n) is 13.5. The van der Waals surface area contributed by atoms with Gasteiger partial charge in [-0.05, 0) is 45.6 Å². The molecule has 0 aliphatic carbocycles. The minimum atomic E-state index is -0.226. The van der Waals surface area contributed by atoms with Crippen molar-refractivity contribution in [1.82, 2.24) is 10.2 Å². The minimum Gasteiger partial charge on any atom is -0.496 e. The zero-order valence-corrected chi connectivity index (χ0v) is 13.5. The Hall–Kier alpha value is -1.17. The van der Waals surface area contributed by atoms with Gasteiger partial charge in [0.25, 0.3) is 0 Å². The van der Waals surface area contributed by atoms with Crippen LogP contribution in [0, 0.1) is 5.82 Å². The van der Waals surface area contributed by atoms with Crippen molar-refractivity contribution in [3.05, 3.63) is 29.6 Å². The van der Waals surface area contributed by atoms with Crippen LogP contribution in [0.3, 0.4) is 0 Å². The number of benzene rings is 1. The first-order chi connectivity index (χ1) is 10.1. The Bertz CT molecular complexity index is 415. The Balaban J connectivity index is 2.63. The lowest BCUT2D eigenvalue weighted by atomic mass is 10.0. The maximum atomic E-state index is 14.1. The van der Waals surface area contributed by atoms with Crippen LogP contribution in [-0.2, 0) is 4.74 Å². The third-order valence-electron chi connectivity index (χ3n) is 3.62. The summed E-state index contributed by atoms with van der Waals surface area (Å²) in [6.45, 7) is 2.62. The average molecular weight is 298 g/mol. The van der Waals surface area contributed by atoms with Gasteiger partial charge in [-0.2, -0.15) is 0 Å². The molecule has 21 heavy (non-hydrogen) atoms. The molecule has 0 amide bonds. The van der Waals surface area contributed by atoms with Gasteiger partial charge in [-0.3, -0.25) is 0 Å². The number of halogens is 1. The summed E-state index contributed by atoms with van der Waals surface area (Å²) < 4.78 is 24.4. The number of ether oxygens (including phenoxy) is 2. The first-order valence-corrected chi connectivity index (χ1v) is 7.31. The molecule has 0 saturated carbocycles. The van der Waals surface area contributed by atoms with E-state index in [0.717, 1.165) is 32.5 Å². The molecule has 1 atom stereocenters. The molecule has 1 aromatic rings. The zero-order chi connectivity index (χ0) is 15.7. The van der Waals surface area contributed by atoms with Crippen molar-refractivity contribution in [2.45, 2.75) is 18.9 Å². The Morgan fingerprint density at radius 3 is 2.67 bits per heavy atom. The number of nitrogens with zero attached hydrogens (tertiary/aromatic N) is 1. The Morgan fingerprint density at radius 2 is 2.05 bits per heavy atom. The van der Waals surface area contributed by atoms with Crippen molar-refractivity contribution < 1.29 is 13.9 Å². The van der Waals surface area contributed by atoms with E-state index in [1.165, 1.54) is 6.07 Å². The highest BCUT2D eigenvalue weighted by Crippen LogP contribution is 2.29. The van der Waals surface area contributed by atoms with E-state index in [2.05, 4.69) is 17.3 Å². The lowest BCUT2D eigenvalue weighted by Crippen LogP contribution is -2.27. The van der Waals surface area contributed by atoms with Gasteiger partial charge in [0.05, 0.1) is 7.11 Å². The SMILES string of the molecule is CNC(CCN(C)CCCOC)c1c(F)cccc1OC. The van der Waals surface area contributed by atoms with E-state index in [1.54, 1.807) is 26.4 Å². The molecule has 120 valence electrons. The van der Waals surface area contributed by atoms with Crippen LogP contribution in [0.15, 0.2) is 18.2 Å². The topological polar surface area (TPSA) is 33.7 Å². The molecule has 1 rings (SSSR count). The maximum Gasteiger partial charge on any atom is 0.131 e. The molecule has 1 unspecified atom stereocenters. The second-order valence-electron chi connectivity index (χ2n) is 5.14. The van der Waals surface area contributed by atoms with Crippen molar-refractivity contribution >= 4 is 0 Å². The summed E-state index contributed by atoms with van der Waals surface area (Å²) in [5.74, 6) is 0.368. The highest BCUT2D eigenvalue weighted by Gasteiger charge is 2.19. The molecule has 1 aromatic carbocycles. The summed E-state index contributed by atoms with van der Waals surface area (Å²) in [5, 5.41) is 3.19. The van der Waals surface area contributed by atoms with Gasteiger partial charge in [0.15, 0.2) is 0 Å². The lowest BCUT2D eigenvalue weighted by molar-refractivity contribution is 0.178. The van der Waals surface area contributed by atoms with Crippen molar-refractivity contribution in [2.75, 3.05) is 48.0 Å². The standard InChI is InChI=1S/C16H27FN2O2/c1-18-14(9-11-19(2)10-6-12-20-3)16-13(17)7-5-8-15(16)21-4/h5,7-8,14,18H,6,9-12H2,1-4H3. The number of rotatable bonds is 10. The molecule has 0 radical (unpaired) electrons. The van der Waals surface area contributed by atoms with Crippen LogP contribution in [0.25, 0.3) is 0 Å². The molecule has 0 bridgehead atoms. The third-order valence-corrected chi connectivity index (χ3v) is 3.62. The quantitative estimate of drug-likeness (QED) is 0.673. The highest BCUT2D eigenvalue weighted by molar-refractivity contribution is 5.37. The van der Waals surface area contributed by atoms with E-state index in [9.17, 15) is 4.39 Å². The molecule has 0 heterocycles. The summed E-state index contributed by atoms with van der Waals surface area (Å²) in [5.41, 5.74) is 0.604. The first-order valence-electron chi connectivity index (χ1n) is 7.31. The first kappa shape index (κ1) is 17.9. The molecule has 0 spiro atoms. The monoisotopic (exact) mass is 298 g/mol. The fourth-order valence-electron chi connectivity index (χ4n) is 2.41. The van der Waals surface area contributed by atoms with Gasteiger partial charge in [-0.25, -0.2) is 4.39 Å². The Kier molecular flexibility index (Phi) is 8.27. The minimum absolute atomic E-state index is 0.0639. The normalized spacial score (nSPS) is 12.7. The Labute approximate surface area is 127 Å². The van der Waals surface area contributed by atoms with Gasteiger partial charge in [-0.1, -0.05) is 6.07 Å². The second-order valence-corrected chi connectivity index (χ2v) is 5.14. The van der Waals surface area contributed by atoms with E-state index >= 15 is 0 Å². The number of hydrogen-bond donors (Lipinski definition) is 1. The number of hydrogen-bond acceptors (Lipinski definition) is 4. The highest BCUT2D eigenvalue weighted by atomic mass is 19.1. The smallest absolute Gasteiger partial charge is 0.131 e. The summed E-state index contributed by atoms with van der Waals surface area (Å²) in [4.78, 5) is 2.23. The van der Waals surface area contributed by atoms with E-state index in [1.807, 2.05) is 7.05 Å². The molecule has 5 heteroatoms.